The molecule has 0 aliphatic carbocycles. The van der Waals surface area contributed by atoms with Gasteiger partial charge in [0.05, 0.1) is 0 Å². The molecule has 0 amide bonds. The van der Waals surface area contributed by atoms with Gasteiger partial charge in [0.15, 0.2) is 0 Å². The lowest BCUT2D eigenvalue weighted by Gasteiger charge is -2.13. The minimum atomic E-state index is 0.653. The van der Waals surface area contributed by atoms with Crippen molar-refractivity contribution in [2.75, 3.05) is 7.05 Å². The number of hydrogen-bond donors (Lipinski definition) is 2. The van der Waals surface area contributed by atoms with Crippen LogP contribution in [0, 0.1) is 0 Å². The van der Waals surface area contributed by atoms with Crippen LogP contribution in [-0.4, -0.2) is 13.1 Å². The number of hydrazine groups is 1. The minimum Gasteiger partial charge on any atom is -0.261 e. The van der Waals surface area contributed by atoms with E-state index in [1.807, 2.05) is 7.05 Å². The summed E-state index contributed by atoms with van der Waals surface area (Å²) in [6.45, 7) is 4.41. The van der Waals surface area contributed by atoms with Gasteiger partial charge in [-0.25, -0.2) is 0 Å². The summed E-state index contributed by atoms with van der Waals surface area (Å²) in [5, 5.41) is 0. The molecule has 0 aromatic heterocycles. The van der Waals surface area contributed by atoms with Gasteiger partial charge in [-0.3, -0.25) is 10.9 Å². The first-order chi connectivity index (χ1) is 4.35. The van der Waals surface area contributed by atoms with Crippen molar-refractivity contribution in [3.05, 3.63) is 0 Å². The zero-order chi connectivity index (χ0) is 7.11. The molecule has 0 heterocycles. The van der Waals surface area contributed by atoms with Crippen LogP contribution in [0.15, 0.2) is 0 Å². The third-order valence-electron chi connectivity index (χ3n) is 1.48. The fourth-order valence-corrected chi connectivity index (χ4v) is 0.931. The highest BCUT2D eigenvalue weighted by Crippen LogP contribution is 1.98. The van der Waals surface area contributed by atoms with Crippen LogP contribution in [0.4, 0.5) is 0 Å². The molecular weight excluding hydrogens is 112 g/mol. The molecule has 2 heteroatoms. The van der Waals surface area contributed by atoms with Gasteiger partial charge in [0.1, 0.15) is 0 Å². The normalized spacial score (nSPS) is 13.7. The summed E-state index contributed by atoms with van der Waals surface area (Å²) in [4.78, 5) is 0. The van der Waals surface area contributed by atoms with Crippen LogP contribution >= 0.6 is 0 Å². The van der Waals surface area contributed by atoms with Crippen molar-refractivity contribution in [2.45, 2.75) is 39.2 Å². The lowest BCUT2D eigenvalue weighted by atomic mass is 10.1. The fourth-order valence-electron chi connectivity index (χ4n) is 0.931. The van der Waals surface area contributed by atoms with E-state index in [9.17, 15) is 0 Å². The maximum Gasteiger partial charge on any atom is 0.0210 e. The summed E-state index contributed by atoms with van der Waals surface area (Å²) >= 11 is 0. The predicted molar refractivity (Wildman–Crippen MR) is 41.2 cm³/mol. The largest absolute Gasteiger partial charge is 0.261 e. The van der Waals surface area contributed by atoms with Crippen molar-refractivity contribution < 1.29 is 0 Å². The first-order valence-corrected chi connectivity index (χ1v) is 3.77. The Balaban J connectivity index is 3.18. The SMILES string of the molecule is CCC[C@@H](CC)NNC. The Hall–Kier alpha value is -0.0800. The molecule has 56 valence electrons. The van der Waals surface area contributed by atoms with Crippen LogP contribution in [0.5, 0.6) is 0 Å². The molecule has 0 bridgehead atoms. The molecule has 0 aromatic rings. The molecule has 0 aromatic carbocycles. The summed E-state index contributed by atoms with van der Waals surface area (Å²) in [5.41, 5.74) is 6.14. The molecule has 0 aliphatic rings. The van der Waals surface area contributed by atoms with E-state index < -0.39 is 0 Å². The number of rotatable bonds is 5. The Bertz CT molecular complexity index is 48.9. The van der Waals surface area contributed by atoms with Gasteiger partial charge in [0.25, 0.3) is 0 Å². The van der Waals surface area contributed by atoms with Gasteiger partial charge in [-0.2, -0.15) is 0 Å². The second-order valence-electron chi connectivity index (χ2n) is 2.29. The summed E-state index contributed by atoms with van der Waals surface area (Å²) in [6.07, 6.45) is 3.72. The third-order valence-corrected chi connectivity index (χ3v) is 1.48. The van der Waals surface area contributed by atoms with E-state index >= 15 is 0 Å². The fraction of sp³-hybridized carbons (Fsp3) is 1.00. The Morgan fingerprint density at radius 1 is 1.33 bits per heavy atom. The smallest absolute Gasteiger partial charge is 0.0210 e. The van der Waals surface area contributed by atoms with Gasteiger partial charge in [-0.1, -0.05) is 20.3 Å². The highest BCUT2D eigenvalue weighted by Gasteiger charge is 1.99. The Labute approximate surface area is 58.0 Å². The number of nitrogens with one attached hydrogen (secondary N) is 2. The van der Waals surface area contributed by atoms with E-state index in [0.29, 0.717) is 6.04 Å². The van der Waals surface area contributed by atoms with E-state index in [2.05, 4.69) is 24.7 Å². The van der Waals surface area contributed by atoms with Crippen LogP contribution in [0.25, 0.3) is 0 Å². The summed E-state index contributed by atoms with van der Waals surface area (Å²) in [6, 6.07) is 0.653. The minimum absolute atomic E-state index is 0.653. The van der Waals surface area contributed by atoms with Gasteiger partial charge in [0, 0.05) is 6.04 Å². The van der Waals surface area contributed by atoms with Gasteiger partial charge >= 0.3 is 0 Å². The molecule has 0 radical (unpaired) electrons. The van der Waals surface area contributed by atoms with Gasteiger partial charge < -0.3 is 0 Å². The second kappa shape index (κ2) is 6.05. The zero-order valence-corrected chi connectivity index (χ0v) is 6.70. The lowest BCUT2D eigenvalue weighted by Crippen LogP contribution is -2.37. The maximum atomic E-state index is 3.18. The van der Waals surface area contributed by atoms with Crippen molar-refractivity contribution in [1.29, 1.82) is 0 Å². The molecule has 0 unspecified atom stereocenters. The average Bonchev–Trinajstić information content (AvgIpc) is 1.88. The van der Waals surface area contributed by atoms with Crippen molar-refractivity contribution in [3.63, 3.8) is 0 Å². The molecule has 0 saturated heterocycles. The van der Waals surface area contributed by atoms with Gasteiger partial charge in [-0.15, -0.1) is 0 Å². The summed E-state index contributed by atoms with van der Waals surface area (Å²) < 4.78 is 0. The molecule has 1 atom stereocenters. The quantitative estimate of drug-likeness (QED) is 0.548. The first kappa shape index (κ1) is 8.92. The van der Waals surface area contributed by atoms with E-state index in [1.54, 1.807) is 0 Å². The molecular formula is C7H18N2. The van der Waals surface area contributed by atoms with E-state index in [1.165, 1.54) is 19.3 Å². The van der Waals surface area contributed by atoms with Crippen LogP contribution in [0.3, 0.4) is 0 Å². The van der Waals surface area contributed by atoms with E-state index in [4.69, 9.17) is 0 Å². The Kier molecular flexibility index (Phi) is 5.99. The zero-order valence-electron chi connectivity index (χ0n) is 6.70. The first-order valence-electron chi connectivity index (χ1n) is 3.77. The van der Waals surface area contributed by atoms with E-state index in [0.717, 1.165) is 0 Å². The number of hydrogen-bond acceptors (Lipinski definition) is 2. The molecule has 0 aliphatic heterocycles. The molecule has 0 fully saturated rings. The highest BCUT2D eigenvalue weighted by molar-refractivity contribution is 4.58. The van der Waals surface area contributed by atoms with Gasteiger partial charge in [-0.05, 0) is 19.9 Å². The Morgan fingerprint density at radius 3 is 2.33 bits per heavy atom. The average molecular weight is 130 g/mol. The molecule has 2 N–H and O–H groups in total. The van der Waals surface area contributed by atoms with Crippen molar-refractivity contribution in [1.82, 2.24) is 10.9 Å². The van der Waals surface area contributed by atoms with Crippen molar-refractivity contribution in [2.24, 2.45) is 0 Å². The topological polar surface area (TPSA) is 24.1 Å². The van der Waals surface area contributed by atoms with Crippen LogP contribution < -0.4 is 10.9 Å². The van der Waals surface area contributed by atoms with Crippen LogP contribution in [0.1, 0.15) is 33.1 Å². The highest BCUT2D eigenvalue weighted by atomic mass is 15.3. The van der Waals surface area contributed by atoms with E-state index in [-0.39, 0.29) is 0 Å². The molecule has 9 heavy (non-hydrogen) atoms. The van der Waals surface area contributed by atoms with Gasteiger partial charge in [0.2, 0.25) is 0 Å². The molecule has 2 nitrogen and oxygen atoms in total. The second-order valence-corrected chi connectivity index (χ2v) is 2.29. The Morgan fingerprint density at radius 2 is 2.00 bits per heavy atom. The molecule has 0 rings (SSSR count). The predicted octanol–water partition coefficient (Wildman–Crippen LogP) is 1.29. The third kappa shape index (κ3) is 4.43. The van der Waals surface area contributed by atoms with Crippen molar-refractivity contribution in [3.8, 4) is 0 Å². The lowest BCUT2D eigenvalue weighted by molar-refractivity contribution is 0.421. The van der Waals surface area contributed by atoms with Crippen LogP contribution in [0.2, 0.25) is 0 Å². The van der Waals surface area contributed by atoms with Crippen LogP contribution in [-0.2, 0) is 0 Å². The standard InChI is InChI=1S/C7H18N2/c1-4-6-7(5-2)9-8-3/h7-9H,4-6H2,1-3H3/t7-/m1/s1. The maximum absolute atomic E-state index is 3.18. The molecule has 0 spiro atoms. The summed E-state index contributed by atoms with van der Waals surface area (Å²) in [5.74, 6) is 0. The molecule has 0 saturated carbocycles. The van der Waals surface area contributed by atoms with Crippen molar-refractivity contribution >= 4 is 0 Å². The monoisotopic (exact) mass is 130 g/mol. The summed E-state index contributed by atoms with van der Waals surface area (Å²) in [7, 11) is 1.92.